The van der Waals surface area contributed by atoms with Crippen molar-refractivity contribution in [2.24, 2.45) is 0 Å². The number of aliphatic hydroxyl groups is 1. The number of allylic oxidation sites excluding steroid dienone is 2. The van der Waals surface area contributed by atoms with Crippen molar-refractivity contribution in [3.63, 3.8) is 0 Å². The Hall–Kier alpha value is -3.40. The van der Waals surface area contributed by atoms with Crippen LogP contribution in [0.3, 0.4) is 0 Å². The van der Waals surface area contributed by atoms with E-state index in [0.717, 1.165) is 16.5 Å². The summed E-state index contributed by atoms with van der Waals surface area (Å²) >= 11 is 0. The van der Waals surface area contributed by atoms with E-state index in [9.17, 15) is 9.59 Å². The van der Waals surface area contributed by atoms with Gasteiger partial charge in [0.1, 0.15) is 0 Å². The number of ketones is 2. The molecule has 0 amide bonds. The fraction of sp³-hybridized carbons (Fsp3) is 0.0741. The molecule has 4 nitrogen and oxygen atoms in total. The van der Waals surface area contributed by atoms with Crippen molar-refractivity contribution in [1.82, 2.24) is 4.98 Å². The van der Waals surface area contributed by atoms with Gasteiger partial charge in [-0.25, -0.2) is 0 Å². The van der Waals surface area contributed by atoms with Gasteiger partial charge in [-0.15, -0.1) is 35.8 Å². The molecule has 0 spiro atoms. The second kappa shape index (κ2) is 9.82. The van der Waals surface area contributed by atoms with Crippen molar-refractivity contribution in [2.75, 3.05) is 0 Å². The summed E-state index contributed by atoms with van der Waals surface area (Å²) in [5.74, 6) is -0.162. The van der Waals surface area contributed by atoms with E-state index in [0.29, 0.717) is 22.2 Å². The van der Waals surface area contributed by atoms with Crippen molar-refractivity contribution < 1.29 is 40.3 Å². The summed E-state index contributed by atoms with van der Waals surface area (Å²) < 4.78 is 31.8. The van der Waals surface area contributed by atoms with Gasteiger partial charge in [0, 0.05) is 46.2 Å². The Kier molecular flexibility index (Phi) is 5.58. The Bertz CT molecular complexity index is 1560. The number of pyridine rings is 1. The fourth-order valence-corrected chi connectivity index (χ4v) is 3.62. The third-order valence-corrected chi connectivity index (χ3v) is 4.77. The zero-order valence-corrected chi connectivity index (χ0v) is 19.6. The summed E-state index contributed by atoms with van der Waals surface area (Å²) in [6.45, 7) is 2.85. The molecule has 5 rings (SSSR count). The van der Waals surface area contributed by atoms with Crippen molar-refractivity contribution in [3.05, 3.63) is 102 Å². The summed E-state index contributed by atoms with van der Waals surface area (Å²) in [5, 5.41) is 9.78. The molecular formula is C27H20IrNO3-. The molecule has 0 unspecified atom stereocenters. The Morgan fingerprint density at radius 3 is 2.44 bits per heavy atom. The molecule has 0 aliphatic heterocycles. The maximum Gasteiger partial charge on any atom is 0.195 e. The van der Waals surface area contributed by atoms with Gasteiger partial charge in [-0.05, 0) is 44.2 Å². The predicted molar refractivity (Wildman–Crippen MR) is 122 cm³/mol. The molecule has 1 aliphatic rings. The van der Waals surface area contributed by atoms with Gasteiger partial charge in [0.25, 0.3) is 0 Å². The van der Waals surface area contributed by atoms with Crippen LogP contribution in [-0.4, -0.2) is 21.7 Å². The molecule has 0 bridgehead atoms. The van der Waals surface area contributed by atoms with E-state index in [1.54, 1.807) is 6.07 Å². The number of aromatic nitrogens is 1. The number of rotatable bonds is 2. The first-order chi connectivity index (χ1) is 16.6. The van der Waals surface area contributed by atoms with Crippen LogP contribution in [0.15, 0.2) is 84.7 Å². The number of hydrogen-bond donors (Lipinski definition) is 1. The van der Waals surface area contributed by atoms with Crippen LogP contribution in [0.2, 0.25) is 0 Å². The number of hydrogen-bond acceptors (Lipinski definition) is 4. The number of carbonyl (C=O) groups excluding carboxylic acids is 2. The zero-order chi connectivity index (χ0) is 25.4. The smallest absolute Gasteiger partial charge is 0.195 e. The van der Waals surface area contributed by atoms with Gasteiger partial charge in [0.05, 0.1) is 5.76 Å². The third-order valence-electron chi connectivity index (χ3n) is 4.77. The molecule has 1 aromatic heterocycles. The number of nitrogens with zero attached hydrogens (tertiary/aromatic N) is 1. The minimum atomic E-state index is -0.333. The summed E-state index contributed by atoms with van der Waals surface area (Å²) in [6, 6.07) is 14.7. The molecule has 1 aliphatic carbocycles. The number of fused-ring (bicyclic) bond motifs is 2. The predicted octanol–water partition coefficient (Wildman–Crippen LogP) is 5.95. The van der Waals surface area contributed by atoms with Crippen LogP contribution >= 0.6 is 0 Å². The van der Waals surface area contributed by atoms with E-state index < -0.39 is 0 Å². The first-order valence-corrected chi connectivity index (χ1v) is 9.55. The zero-order valence-electron chi connectivity index (χ0n) is 21.2. The van der Waals surface area contributed by atoms with Gasteiger partial charge in [-0.2, -0.15) is 0 Å². The van der Waals surface area contributed by atoms with E-state index >= 15 is 0 Å². The number of carbonyl (C=O) groups is 2. The van der Waals surface area contributed by atoms with Gasteiger partial charge in [-0.1, -0.05) is 42.5 Å². The first kappa shape index (κ1) is 18.2. The SMILES string of the molecule is CC(=O)/C=C(/C)O.[2H]c1[c-]c(-c2ncc3c4c(cccc24)-c2ccccc2C3=O)c([2H])c([2H])c1[2H].[Ir]. The van der Waals surface area contributed by atoms with Gasteiger partial charge >= 0.3 is 0 Å². The molecule has 32 heavy (non-hydrogen) atoms. The molecule has 1 heterocycles. The van der Waals surface area contributed by atoms with E-state index in [1.807, 2.05) is 36.4 Å². The third kappa shape index (κ3) is 4.45. The van der Waals surface area contributed by atoms with Crippen LogP contribution in [0, 0.1) is 6.07 Å². The summed E-state index contributed by atoms with van der Waals surface area (Å²) in [4.78, 5) is 27.4. The number of benzene rings is 3. The van der Waals surface area contributed by atoms with E-state index in [2.05, 4.69) is 11.1 Å². The summed E-state index contributed by atoms with van der Waals surface area (Å²) in [6.07, 6.45) is 2.66. The second-order valence-electron chi connectivity index (χ2n) is 7.02. The minimum absolute atomic E-state index is 0. The van der Waals surface area contributed by atoms with E-state index in [4.69, 9.17) is 10.6 Å². The monoisotopic (exact) mass is 603 g/mol. The Morgan fingerprint density at radius 1 is 1.03 bits per heavy atom. The first-order valence-electron chi connectivity index (χ1n) is 11.6. The maximum atomic E-state index is 13.0. The average Bonchev–Trinajstić information content (AvgIpc) is 2.83. The van der Waals surface area contributed by atoms with Gasteiger partial charge < -0.3 is 10.1 Å². The largest absolute Gasteiger partial charge is 0.512 e. The van der Waals surface area contributed by atoms with Crippen LogP contribution in [0.4, 0.5) is 0 Å². The van der Waals surface area contributed by atoms with E-state index in [1.165, 1.54) is 26.1 Å². The van der Waals surface area contributed by atoms with E-state index in [-0.39, 0.29) is 67.2 Å². The van der Waals surface area contributed by atoms with Crippen LogP contribution in [-0.2, 0) is 24.9 Å². The molecule has 5 heteroatoms. The fourth-order valence-electron chi connectivity index (χ4n) is 3.62. The Labute approximate surface area is 205 Å². The molecule has 0 saturated heterocycles. The van der Waals surface area contributed by atoms with Gasteiger partial charge in [-0.3, -0.25) is 9.59 Å². The molecule has 3 aromatic carbocycles. The maximum absolute atomic E-state index is 13.0. The van der Waals surface area contributed by atoms with Crippen LogP contribution in [0.25, 0.3) is 33.2 Å². The van der Waals surface area contributed by atoms with Crippen LogP contribution < -0.4 is 0 Å². The quantitative estimate of drug-likeness (QED) is 0.154. The number of aliphatic hydroxyl groups excluding tert-OH is 1. The normalized spacial score (nSPS) is 13.4. The van der Waals surface area contributed by atoms with Crippen LogP contribution in [0.5, 0.6) is 0 Å². The van der Waals surface area contributed by atoms with Crippen molar-refractivity contribution in [1.29, 1.82) is 0 Å². The Balaban J connectivity index is 0.000000400. The standard InChI is InChI=1S/C22H12NO.C5H8O2.Ir/c24-22-17-10-5-4-9-15(17)16-11-6-12-18-20(16)19(22)13-23-21(18)14-7-2-1-3-8-14;1-4(6)3-5(2)7;/h1-7,9-13H;3,6H,1-2H3;/q-1;;/b;4-3-;/i1D,2D,3D,7D;;. The molecular weight excluding hydrogens is 579 g/mol. The van der Waals surface area contributed by atoms with Crippen molar-refractivity contribution in [3.8, 4) is 22.4 Å². The topological polar surface area (TPSA) is 67.3 Å². The molecule has 161 valence electrons. The average molecular weight is 603 g/mol. The molecule has 1 radical (unpaired) electrons. The van der Waals surface area contributed by atoms with Gasteiger partial charge in [0.15, 0.2) is 11.6 Å². The Morgan fingerprint density at radius 2 is 1.75 bits per heavy atom. The summed E-state index contributed by atoms with van der Waals surface area (Å²) in [5.41, 5.74) is 3.47. The molecule has 4 aromatic rings. The second-order valence-corrected chi connectivity index (χ2v) is 7.02. The molecule has 0 atom stereocenters. The van der Waals surface area contributed by atoms with Gasteiger partial charge in [0.2, 0.25) is 0 Å². The summed E-state index contributed by atoms with van der Waals surface area (Å²) in [7, 11) is 0. The molecule has 1 N–H and O–H groups in total. The minimum Gasteiger partial charge on any atom is -0.512 e. The molecule has 0 saturated carbocycles. The van der Waals surface area contributed by atoms with Crippen LogP contribution in [0.1, 0.15) is 35.3 Å². The molecule has 0 fully saturated rings. The van der Waals surface area contributed by atoms with Crippen molar-refractivity contribution in [2.45, 2.75) is 13.8 Å². The van der Waals surface area contributed by atoms with Crippen molar-refractivity contribution >= 4 is 22.3 Å².